The first-order chi connectivity index (χ1) is 8.74. The zero-order valence-electron chi connectivity index (χ0n) is 10.5. The van der Waals surface area contributed by atoms with Crippen molar-refractivity contribution < 1.29 is 4.79 Å². The van der Waals surface area contributed by atoms with E-state index in [0.717, 1.165) is 13.0 Å². The molecule has 3 N–H and O–H groups in total. The summed E-state index contributed by atoms with van der Waals surface area (Å²) in [4.78, 5) is 11.7. The predicted molar refractivity (Wildman–Crippen MR) is 77.2 cm³/mol. The number of rotatable bonds is 5. The number of carbonyl (C=O) groups is 1. The van der Waals surface area contributed by atoms with Crippen LogP contribution >= 0.6 is 12.2 Å². The zero-order valence-corrected chi connectivity index (χ0v) is 11.3. The van der Waals surface area contributed by atoms with E-state index in [1.807, 2.05) is 18.2 Å². The molecule has 1 rings (SSSR count). The molecule has 1 aromatic rings. The second-order valence-electron chi connectivity index (χ2n) is 3.91. The monoisotopic (exact) mass is 265 g/mol. The molecule has 0 saturated carbocycles. The molecule has 0 radical (unpaired) electrons. The van der Waals surface area contributed by atoms with Gasteiger partial charge in [0.25, 0.3) is 5.91 Å². The maximum absolute atomic E-state index is 11.7. The first-order valence-electron chi connectivity index (χ1n) is 6.13. The summed E-state index contributed by atoms with van der Waals surface area (Å²) in [7, 11) is 0. The van der Waals surface area contributed by atoms with Crippen LogP contribution in [0.2, 0.25) is 0 Å². The number of carbonyl (C=O) groups excluding carboxylic acids is 1. The van der Waals surface area contributed by atoms with Crippen LogP contribution < -0.4 is 16.2 Å². The smallest absolute Gasteiger partial charge is 0.269 e. The highest BCUT2D eigenvalue weighted by atomic mass is 32.1. The number of hydrogen-bond acceptors (Lipinski definition) is 2. The highest BCUT2D eigenvalue weighted by molar-refractivity contribution is 7.80. The van der Waals surface area contributed by atoms with Gasteiger partial charge in [0.2, 0.25) is 0 Å². The molecule has 0 aromatic heterocycles. The van der Waals surface area contributed by atoms with Crippen molar-refractivity contribution in [1.82, 2.24) is 16.2 Å². The van der Waals surface area contributed by atoms with Crippen LogP contribution in [-0.2, 0) is 0 Å². The fourth-order valence-electron chi connectivity index (χ4n) is 1.40. The van der Waals surface area contributed by atoms with Crippen LogP contribution in [0.5, 0.6) is 0 Å². The predicted octanol–water partition coefficient (Wildman–Crippen LogP) is 1.99. The molecule has 0 spiro atoms. The van der Waals surface area contributed by atoms with Crippen LogP contribution in [0.1, 0.15) is 36.5 Å². The van der Waals surface area contributed by atoms with Crippen molar-refractivity contribution in [2.75, 3.05) is 6.54 Å². The van der Waals surface area contributed by atoms with Crippen molar-refractivity contribution in [3.63, 3.8) is 0 Å². The summed E-state index contributed by atoms with van der Waals surface area (Å²) in [5.74, 6) is -0.201. The Morgan fingerprint density at radius 2 is 1.89 bits per heavy atom. The van der Waals surface area contributed by atoms with Gasteiger partial charge in [0.15, 0.2) is 5.11 Å². The third kappa shape index (κ3) is 5.63. The van der Waals surface area contributed by atoms with Gasteiger partial charge in [-0.3, -0.25) is 15.6 Å². The van der Waals surface area contributed by atoms with Crippen molar-refractivity contribution >= 4 is 23.2 Å². The Morgan fingerprint density at radius 1 is 1.17 bits per heavy atom. The first-order valence-corrected chi connectivity index (χ1v) is 6.54. The van der Waals surface area contributed by atoms with Crippen LogP contribution in [0, 0.1) is 0 Å². The highest BCUT2D eigenvalue weighted by Gasteiger charge is 2.03. The van der Waals surface area contributed by atoms with E-state index in [1.165, 1.54) is 12.8 Å². The quantitative estimate of drug-likeness (QED) is 0.433. The number of amides is 1. The van der Waals surface area contributed by atoms with Crippen LogP contribution in [0.4, 0.5) is 0 Å². The first kappa shape index (κ1) is 14.4. The lowest BCUT2D eigenvalue weighted by Gasteiger charge is -2.11. The van der Waals surface area contributed by atoms with E-state index in [4.69, 9.17) is 12.2 Å². The van der Waals surface area contributed by atoms with E-state index in [-0.39, 0.29) is 5.91 Å². The summed E-state index contributed by atoms with van der Waals surface area (Å²) in [5, 5.41) is 3.47. The van der Waals surface area contributed by atoms with E-state index < -0.39 is 0 Å². The van der Waals surface area contributed by atoms with Gasteiger partial charge in [-0.05, 0) is 30.8 Å². The standard InChI is InChI=1S/C13H19N3OS/c1-2-3-7-10-14-13(18)16-15-12(17)11-8-5-4-6-9-11/h4-6,8-9H,2-3,7,10H2,1H3,(H,15,17)(H2,14,16,18). The number of hydrogen-bond donors (Lipinski definition) is 3. The SMILES string of the molecule is CCCCCNC(=S)NNC(=O)c1ccccc1. The van der Waals surface area contributed by atoms with Crippen LogP contribution in [0.3, 0.4) is 0 Å². The molecule has 1 aromatic carbocycles. The molecule has 18 heavy (non-hydrogen) atoms. The van der Waals surface area contributed by atoms with E-state index in [1.54, 1.807) is 12.1 Å². The normalized spacial score (nSPS) is 9.61. The summed E-state index contributed by atoms with van der Waals surface area (Å²) in [6, 6.07) is 8.99. The van der Waals surface area contributed by atoms with Crippen molar-refractivity contribution in [3.8, 4) is 0 Å². The van der Waals surface area contributed by atoms with Crippen molar-refractivity contribution in [2.45, 2.75) is 26.2 Å². The summed E-state index contributed by atoms with van der Waals surface area (Å²) >= 11 is 5.04. The second kappa shape index (κ2) is 8.47. The fourth-order valence-corrected chi connectivity index (χ4v) is 1.55. The third-order valence-electron chi connectivity index (χ3n) is 2.39. The maximum atomic E-state index is 11.7. The molecule has 4 nitrogen and oxygen atoms in total. The van der Waals surface area contributed by atoms with E-state index in [9.17, 15) is 4.79 Å². The molecule has 0 aliphatic heterocycles. The Kier molecular flexibility index (Phi) is 6.79. The van der Waals surface area contributed by atoms with Crippen molar-refractivity contribution in [2.24, 2.45) is 0 Å². The Bertz CT molecular complexity index is 381. The fraction of sp³-hybridized carbons (Fsp3) is 0.385. The second-order valence-corrected chi connectivity index (χ2v) is 4.32. The average molecular weight is 265 g/mol. The molecule has 5 heteroatoms. The minimum Gasteiger partial charge on any atom is -0.361 e. The van der Waals surface area contributed by atoms with Crippen molar-refractivity contribution in [3.05, 3.63) is 35.9 Å². The van der Waals surface area contributed by atoms with Crippen molar-refractivity contribution in [1.29, 1.82) is 0 Å². The van der Waals surface area contributed by atoms with Crippen LogP contribution in [0.15, 0.2) is 30.3 Å². The van der Waals surface area contributed by atoms with Gasteiger partial charge in [-0.2, -0.15) is 0 Å². The van der Waals surface area contributed by atoms with E-state index in [2.05, 4.69) is 23.1 Å². The number of nitrogens with one attached hydrogen (secondary N) is 3. The number of unbranched alkanes of at least 4 members (excludes halogenated alkanes) is 2. The summed E-state index contributed by atoms with van der Waals surface area (Å²) in [6.07, 6.45) is 3.42. The molecule has 0 atom stereocenters. The zero-order chi connectivity index (χ0) is 13.2. The number of thiocarbonyl (C=S) groups is 1. The molecule has 0 heterocycles. The van der Waals surface area contributed by atoms with Gasteiger partial charge < -0.3 is 5.32 Å². The average Bonchev–Trinajstić information content (AvgIpc) is 2.42. The minimum absolute atomic E-state index is 0.201. The van der Waals surface area contributed by atoms with Gasteiger partial charge >= 0.3 is 0 Å². The Hall–Kier alpha value is -1.62. The summed E-state index contributed by atoms with van der Waals surface area (Å²) in [5.41, 5.74) is 5.82. The van der Waals surface area contributed by atoms with Gasteiger partial charge in [-0.15, -0.1) is 0 Å². The van der Waals surface area contributed by atoms with E-state index >= 15 is 0 Å². The number of hydrazine groups is 1. The molecule has 0 aliphatic carbocycles. The maximum Gasteiger partial charge on any atom is 0.269 e. The lowest BCUT2D eigenvalue weighted by atomic mass is 10.2. The lowest BCUT2D eigenvalue weighted by Crippen LogP contribution is -2.46. The molecular weight excluding hydrogens is 246 g/mol. The van der Waals surface area contributed by atoms with Gasteiger partial charge in [-0.1, -0.05) is 38.0 Å². The number of benzene rings is 1. The largest absolute Gasteiger partial charge is 0.361 e. The molecule has 0 saturated heterocycles. The van der Waals surface area contributed by atoms with Gasteiger partial charge in [0.05, 0.1) is 0 Å². The molecule has 98 valence electrons. The molecular formula is C13H19N3OS. The summed E-state index contributed by atoms with van der Waals surface area (Å²) in [6.45, 7) is 2.97. The molecule has 0 unspecified atom stereocenters. The molecule has 0 aliphatic rings. The Morgan fingerprint density at radius 3 is 2.56 bits per heavy atom. The van der Waals surface area contributed by atoms with Gasteiger partial charge in [0.1, 0.15) is 0 Å². The highest BCUT2D eigenvalue weighted by Crippen LogP contribution is 1.96. The van der Waals surface area contributed by atoms with Gasteiger partial charge in [0, 0.05) is 12.1 Å². The van der Waals surface area contributed by atoms with E-state index in [0.29, 0.717) is 10.7 Å². The third-order valence-corrected chi connectivity index (χ3v) is 2.64. The Balaban J connectivity index is 2.20. The molecule has 1 amide bonds. The van der Waals surface area contributed by atoms with Gasteiger partial charge in [-0.25, -0.2) is 0 Å². The van der Waals surface area contributed by atoms with Crippen LogP contribution in [0.25, 0.3) is 0 Å². The topological polar surface area (TPSA) is 53.2 Å². The van der Waals surface area contributed by atoms with Crippen LogP contribution in [-0.4, -0.2) is 17.6 Å². The molecule has 0 fully saturated rings. The Labute approximate surface area is 113 Å². The molecule has 0 bridgehead atoms. The minimum atomic E-state index is -0.201. The lowest BCUT2D eigenvalue weighted by molar-refractivity contribution is 0.0943. The summed E-state index contributed by atoms with van der Waals surface area (Å²) < 4.78 is 0.